The summed E-state index contributed by atoms with van der Waals surface area (Å²) in [6, 6.07) is 3.91. The van der Waals surface area contributed by atoms with Crippen molar-refractivity contribution in [3.05, 3.63) is 30.1 Å². The molecule has 3 nitrogen and oxygen atoms in total. The number of aromatic nitrogens is 2. The minimum Gasteiger partial charge on any atom is -0.393 e. The Labute approximate surface area is 76.4 Å². The zero-order chi connectivity index (χ0) is 9.26. The molecule has 3 heteroatoms. The second-order valence-electron chi connectivity index (χ2n) is 3.27. The number of aliphatic hydroxyl groups is 1. The Morgan fingerprint density at radius 1 is 1.62 bits per heavy atom. The van der Waals surface area contributed by atoms with Crippen molar-refractivity contribution in [1.82, 2.24) is 9.97 Å². The lowest BCUT2D eigenvalue weighted by Gasteiger charge is -2.01. The first-order valence-electron chi connectivity index (χ1n) is 4.36. The highest BCUT2D eigenvalue weighted by molar-refractivity contribution is 5.79. The van der Waals surface area contributed by atoms with Gasteiger partial charge in [-0.2, -0.15) is 0 Å². The number of aromatic amines is 1. The van der Waals surface area contributed by atoms with Crippen molar-refractivity contribution in [2.75, 3.05) is 0 Å². The maximum atomic E-state index is 9.25. The number of pyridine rings is 1. The van der Waals surface area contributed by atoms with Crippen LogP contribution in [0, 0.1) is 0 Å². The molecule has 0 spiro atoms. The van der Waals surface area contributed by atoms with Crippen LogP contribution in [-0.4, -0.2) is 21.2 Å². The van der Waals surface area contributed by atoms with Crippen LogP contribution in [-0.2, 0) is 6.42 Å². The lowest BCUT2D eigenvalue weighted by atomic mass is 10.1. The Morgan fingerprint density at radius 2 is 2.46 bits per heavy atom. The predicted molar refractivity (Wildman–Crippen MR) is 51.5 cm³/mol. The molecular weight excluding hydrogens is 164 g/mol. The molecule has 13 heavy (non-hydrogen) atoms. The number of H-pyrrole nitrogens is 1. The van der Waals surface area contributed by atoms with Crippen LogP contribution in [0.4, 0.5) is 0 Å². The van der Waals surface area contributed by atoms with Gasteiger partial charge < -0.3 is 10.1 Å². The summed E-state index contributed by atoms with van der Waals surface area (Å²) in [5, 5.41) is 10.3. The van der Waals surface area contributed by atoms with Crippen molar-refractivity contribution in [3.63, 3.8) is 0 Å². The Morgan fingerprint density at radius 3 is 3.23 bits per heavy atom. The van der Waals surface area contributed by atoms with Crippen molar-refractivity contribution in [2.45, 2.75) is 19.4 Å². The van der Waals surface area contributed by atoms with E-state index in [1.54, 1.807) is 13.1 Å². The summed E-state index contributed by atoms with van der Waals surface area (Å²) in [4.78, 5) is 7.24. The van der Waals surface area contributed by atoms with E-state index in [-0.39, 0.29) is 6.10 Å². The molecule has 0 bridgehead atoms. The first-order valence-corrected chi connectivity index (χ1v) is 4.36. The maximum Gasteiger partial charge on any atom is 0.137 e. The van der Waals surface area contributed by atoms with E-state index in [4.69, 9.17) is 0 Å². The van der Waals surface area contributed by atoms with Crippen LogP contribution in [0.3, 0.4) is 0 Å². The van der Waals surface area contributed by atoms with Gasteiger partial charge in [-0.05, 0) is 24.6 Å². The van der Waals surface area contributed by atoms with Gasteiger partial charge in [-0.25, -0.2) is 4.98 Å². The van der Waals surface area contributed by atoms with Crippen molar-refractivity contribution in [2.24, 2.45) is 0 Å². The first kappa shape index (κ1) is 8.26. The number of fused-ring (bicyclic) bond motifs is 1. The summed E-state index contributed by atoms with van der Waals surface area (Å²) in [5.74, 6) is 0. The van der Waals surface area contributed by atoms with E-state index < -0.39 is 0 Å². The van der Waals surface area contributed by atoms with Crippen LogP contribution in [0.5, 0.6) is 0 Å². The molecule has 2 aromatic rings. The van der Waals surface area contributed by atoms with Crippen molar-refractivity contribution in [1.29, 1.82) is 0 Å². The summed E-state index contributed by atoms with van der Waals surface area (Å²) in [7, 11) is 0. The van der Waals surface area contributed by atoms with E-state index in [9.17, 15) is 5.11 Å². The highest BCUT2D eigenvalue weighted by atomic mass is 16.3. The van der Waals surface area contributed by atoms with Crippen LogP contribution >= 0.6 is 0 Å². The normalized spacial score (nSPS) is 13.4. The number of hydrogen-bond acceptors (Lipinski definition) is 2. The van der Waals surface area contributed by atoms with Gasteiger partial charge in [0.05, 0.1) is 6.10 Å². The zero-order valence-electron chi connectivity index (χ0n) is 7.49. The summed E-state index contributed by atoms with van der Waals surface area (Å²) in [5.41, 5.74) is 2.01. The number of nitrogens with zero attached hydrogens (tertiary/aromatic N) is 1. The Hall–Kier alpha value is -1.35. The second kappa shape index (κ2) is 3.18. The molecular formula is C10H12N2O. The van der Waals surface area contributed by atoms with E-state index in [1.807, 2.05) is 18.3 Å². The molecule has 2 heterocycles. The highest BCUT2D eigenvalue weighted by Gasteiger charge is 2.05. The summed E-state index contributed by atoms with van der Waals surface area (Å²) < 4.78 is 0. The van der Waals surface area contributed by atoms with Gasteiger partial charge in [-0.3, -0.25) is 0 Å². The van der Waals surface area contributed by atoms with Crippen molar-refractivity contribution < 1.29 is 5.11 Å². The van der Waals surface area contributed by atoms with E-state index >= 15 is 0 Å². The third kappa shape index (κ3) is 1.55. The molecule has 0 aliphatic heterocycles. The molecule has 2 aromatic heterocycles. The topological polar surface area (TPSA) is 48.9 Å². The molecule has 2 N–H and O–H groups in total. The Balaban J connectivity index is 2.46. The average molecular weight is 176 g/mol. The Bertz CT molecular complexity index is 406. The summed E-state index contributed by atoms with van der Waals surface area (Å²) in [6.45, 7) is 1.79. The number of aliphatic hydroxyl groups excluding tert-OH is 1. The molecule has 0 saturated carbocycles. The minimum absolute atomic E-state index is 0.306. The standard InChI is InChI=1S/C10H12N2O/c1-7(13)5-8-6-12-10-9(8)3-2-4-11-10/h2-4,6-7,13H,5H2,1H3,(H,11,12). The van der Waals surface area contributed by atoms with Crippen LogP contribution in [0.15, 0.2) is 24.5 Å². The smallest absolute Gasteiger partial charge is 0.137 e. The summed E-state index contributed by atoms with van der Waals surface area (Å²) >= 11 is 0. The van der Waals surface area contributed by atoms with Gasteiger partial charge in [0.15, 0.2) is 0 Å². The molecule has 2 rings (SSSR count). The van der Waals surface area contributed by atoms with Gasteiger partial charge in [0.1, 0.15) is 5.65 Å². The number of rotatable bonds is 2. The SMILES string of the molecule is CC(O)Cc1c[nH]c2ncccc12. The van der Waals surface area contributed by atoms with Gasteiger partial charge in [0.2, 0.25) is 0 Å². The fourth-order valence-corrected chi connectivity index (χ4v) is 1.50. The van der Waals surface area contributed by atoms with Gasteiger partial charge in [0, 0.05) is 24.2 Å². The molecule has 68 valence electrons. The Kier molecular flexibility index (Phi) is 2.02. The van der Waals surface area contributed by atoms with E-state index in [0.717, 1.165) is 16.6 Å². The van der Waals surface area contributed by atoms with E-state index in [0.29, 0.717) is 6.42 Å². The summed E-state index contributed by atoms with van der Waals surface area (Å²) in [6.07, 6.45) is 4.03. The third-order valence-corrected chi connectivity index (χ3v) is 2.05. The predicted octanol–water partition coefficient (Wildman–Crippen LogP) is 1.49. The van der Waals surface area contributed by atoms with Gasteiger partial charge >= 0.3 is 0 Å². The van der Waals surface area contributed by atoms with Gasteiger partial charge in [-0.15, -0.1) is 0 Å². The monoisotopic (exact) mass is 176 g/mol. The van der Waals surface area contributed by atoms with Crippen LogP contribution in [0.25, 0.3) is 11.0 Å². The maximum absolute atomic E-state index is 9.25. The average Bonchev–Trinajstić information content (AvgIpc) is 2.48. The third-order valence-electron chi connectivity index (χ3n) is 2.05. The molecule has 0 aliphatic rings. The molecule has 0 amide bonds. The highest BCUT2D eigenvalue weighted by Crippen LogP contribution is 2.16. The van der Waals surface area contributed by atoms with Crippen molar-refractivity contribution >= 4 is 11.0 Å². The largest absolute Gasteiger partial charge is 0.393 e. The minimum atomic E-state index is -0.306. The molecule has 0 saturated heterocycles. The van der Waals surface area contributed by atoms with Crippen LogP contribution in [0.1, 0.15) is 12.5 Å². The molecule has 1 unspecified atom stereocenters. The molecule has 0 aromatic carbocycles. The lowest BCUT2D eigenvalue weighted by molar-refractivity contribution is 0.196. The van der Waals surface area contributed by atoms with Crippen LogP contribution in [0.2, 0.25) is 0 Å². The fourth-order valence-electron chi connectivity index (χ4n) is 1.50. The first-order chi connectivity index (χ1) is 6.27. The van der Waals surface area contributed by atoms with Crippen LogP contribution < -0.4 is 0 Å². The lowest BCUT2D eigenvalue weighted by Crippen LogP contribution is -2.03. The molecule has 1 atom stereocenters. The number of nitrogens with one attached hydrogen (secondary N) is 1. The molecule has 0 fully saturated rings. The van der Waals surface area contributed by atoms with Gasteiger partial charge in [-0.1, -0.05) is 0 Å². The van der Waals surface area contributed by atoms with Gasteiger partial charge in [0.25, 0.3) is 0 Å². The fraction of sp³-hybridized carbons (Fsp3) is 0.300. The van der Waals surface area contributed by atoms with E-state index in [1.165, 1.54) is 0 Å². The molecule has 0 aliphatic carbocycles. The number of hydrogen-bond donors (Lipinski definition) is 2. The van der Waals surface area contributed by atoms with Crippen molar-refractivity contribution in [3.8, 4) is 0 Å². The molecule has 0 radical (unpaired) electrons. The quantitative estimate of drug-likeness (QED) is 0.728. The second-order valence-corrected chi connectivity index (χ2v) is 3.27. The zero-order valence-corrected chi connectivity index (χ0v) is 7.49. The van der Waals surface area contributed by atoms with E-state index in [2.05, 4.69) is 9.97 Å².